The summed E-state index contributed by atoms with van der Waals surface area (Å²) in [5.41, 5.74) is 9.51. The molecule has 19 heavy (non-hydrogen) atoms. The van der Waals surface area contributed by atoms with Crippen molar-refractivity contribution in [3.8, 4) is 11.5 Å². The van der Waals surface area contributed by atoms with Gasteiger partial charge in [0.15, 0.2) is 11.5 Å². The van der Waals surface area contributed by atoms with Crippen molar-refractivity contribution in [3.05, 3.63) is 23.4 Å². The van der Waals surface area contributed by atoms with Crippen molar-refractivity contribution >= 4 is 10.9 Å². The lowest BCUT2D eigenvalue weighted by Crippen LogP contribution is -2.15. The molecule has 2 aromatic rings. The Morgan fingerprint density at radius 3 is 2.58 bits per heavy atom. The molecule has 1 aromatic carbocycles. The van der Waals surface area contributed by atoms with Gasteiger partial charge >= 0.3 is 0 Å². The molecule has 0 saturated heterocycles. The second-order valence-corrected chi connectivity index (χ2v) is 5.03. The van der Waals surface area contributed by atoms with E-state index in [4.69, 9.17) is 15.2 Å². The van der Waals surface area contributed by atoms with E-state index < -0.39 is 0 Å². The van der Waals surface area contributed by atoms with Crippen LogP contribution < -0.4 is 15.2 Å². The summed E-state index contributed by atoms with van der Waals surface area (Å²) in [6, 6.07) is 4.20. The molecular weight excluding hydrogens is 240 g/mol. The molecule has 4 heteroatoms. The van der Waals surface area contributed by atoms with Crippen LogP contribution in [0.25, 0.3) is 10.9 Å². The summed E-state index contributed by atoms with van der Waals surface area (Å²) in [7, 11) is 2.10. The third kappa shape index (κ3) is 1.96. The van der Waals surface area contributed by atoms with Crippen molar-refractivity contribution in [1.82, 2.24) is 4.57 Å². The van der Waals surface area contributed by atoms with Gasteiger partial charge in [-0.15, -0.1) is 0 Å². The normalized spacial score (nSPS) is 14.1. The zero-order valence-corrected chi connectivity index (χ0v) is 11.5. The smallest absolute Gasteiger partial charge is 0.163 e. The number of hydrogen-bond donors (Lipinski definition) is 1. The molecule has 0 spiro atoms. The predicted octanol–water partition coefficient (Wildman–Crippen LogP) is 2.15. The standard InChI is InChI=1S/C15H20N2O2/c1-10-11(4-3-5-16)12-8-14-15(19-7-6-18-14)9-13(12)17(10)2/h8-9H,3-7,16H2,1-2H3. The third-order valence-electron chi connectivity index (χ3n) is 3.92. The van der Waals surface area contributed by atoms with Gasteiger partial charge in [0, 0.05) is 24.2 Å². The molecule has 0 bridgehead atoms. The van der Waals surface area contributed by atoms with Gasteiger partial charge in [-0.2, -0.15) is 0 Å². The highest BCUT2D eigenvalue weighted by Crippen LogP contribution is 2.37. The average molecular weight is 260 g/mol. The van der Waals surface area contributed by atoms with Crippen LogP contribution >= 0.6 is 0 Å². The van der Waals surface area contributed by atoms with E-state index in [1.165, 1.54) is 22.2 Å². The van der Waals surface area contributed by atoms with Crippen LogP contribution in [0.4, 0.5) is 0 Å². The molecular formula is C15H20N2O2. The van der Waals surface area contributed by atoms with E-state index in [0.29, 0.717) is 13.2 Å². The molecule has 102 valence electrons. The SMILES string of the molecule is Cc1c(CCCN)c2cc3c(cc2n1C)OCCO3. The summed E-state index contributed by atoms with van der Waals surface area (Å²) < 4.78 is 13.6. The summed E-state index contributed by atoms with van der Waals surface area (Å²) in [6.45, 7) is 4.14. The largest absolute Gasteiger partial charge is 0.486 e. The maximum Gasteiger partial charge on any atom is 0.163 e. The molecule has 2 heterocycles. The summed E-state index contributed by atoms with van der Waals surface area (Å²) in [4.78, 5) is 0. The number of fused-ring (bicyclic) bond motifs is 2. The van der Waals surface area contributed by atoms with Crippen molar-refractivity contribution in [2.75, 3.05) is 19.8 Å². The number of aromatic nitrogens is 1. The second kappa shape index (κ2) is 4.78. The van der Waals surface area contributed by atoms with Crippen molar-refractivity contribution in [2.24, 2.45) is 12.8 Å². The number of hydrogen-bond acceptors (Lipinski definition) is 3. The Labute approximate surface area is 113 Å². The van der Waals surface area contributed by atoms with Gasteiger partial charge in [-0.1, -0.05) is 0 Å². The summed E-state index contributed by atoms with van der Waals surface area (Å²) >= 11 is 0. The van der Waals surface area contributed by atoms with Crippen LogP contribution in [0.2, 0.25) is 0 Å². The fourth-order valence-corrected chi connectivity index (χ4v) is 2.77. The van der Waals surface area contributed by atoms with Crippen molar-refractivity contribution < 1.29 is 9.47 Å². The molecule has 4 nitrogen and oxygen atoms in total. The fraction of sp³-hybridized carbons (Fsp3) is 0.467. The van der Waals surface area contributed by atoms with E-state index in [1.54, 1.807) is 0 Å². The zero-order chi connectivity index (χ0) is 13.4. The molecule has 1 aromatic heterocycles. The van der Waals surface area contributed by atoms with Crippen LogP contribution in [0.3, 0.4) is 0 Å². The van der Waals surface area contributed by atoms with Crippen LogP contribution in [-0.4, -0.2) is 24.3 Å². The Morgan fingerprint density at radius 2 is 1.89 bits per heavy atom. The van der Waals surface area contributed by atoms with Crippen LogP contribution in [0.1, 0.15) is 17.7 Å². The first-order valence-electron chi connectivity index (χ1n) is 6.80. The Hall–Kier alpha value is -1.68. The van der Waals surface area contributed by atoms with E-state index in [2.05, 4.69) is 30.7 Å². The van der Waals surface area contributed by atoms with E-state index in [1.807, 2.05) is 0 Å². The van der Waals surface area contributed by atoms with Gasteiger partial charge in [-0.05, 0) is 37.9 Å². The van der Waals surface area contributed by atoms with Crippen LogP contribution in [0, 0.1) is 6.92 Å². The molecule has 0 atom stereocenters. The highest BCUT2D eigenvalue weighted by Gasteiger charge is 2.18. The van der Waals surface area contributed by atoms with E-state index in [0.717, 1.165) is 30.9 Å². The zero-order valence-electron chi connectivity index (χ0n) is 11.5. The van der Waals surface area contributed by atoms with Gasteiger partial charge < -0.3 is 19.8 Å². The van der Waals surface area contributed by atoms with Crippen LogP contribution in [0.5, 0.6) is 11.5 Å². The first-order chi connectivity index (χ1) is 9.22. The van der Waals surface area contributed by atoms with E-state index in [-0.39, 0.29) is 0 Å². The van der Waals surface area contributed by atoms with Gasteiger partial charge in [-0.25, -0.2) is 0 Å². The minimum absolute atomic E-state index is 0.627. The Kier molecular flexibility index (Phi) is 3.11. The van der Waals surface area contributed by atoms with Gasteiger partial charge in [0.25, 0.3) is 0 Å². The number of aryl methyl sites for hydroxylation is 2. The highest BCUT2D eigenvalue weighted by atomic mass is 16.6. The first kappa shape index (κ1) is 12.4. The Morgan fingerprint density at radius 1 is 1.21 bits per heavy atom. The molecule has 0 unspecified atom stereocenters. The van der Waals surface area contributed by atoms with Crippen molar-refractivity contribution in [3.63, 3.8) is 0 Å². The fourth-order valence-electron chi connectivity index (χ4n) is 2.77. The highest BCUT2D eigenvalue weighted by molar-refractivity contribution is 5.88. The Bertz CT molecular complexity index is 616. The lowest BCUT2D eigenvalue weighted by atomic mass is 10.1. The molecule has 0 fully saturated rings. The third-order valence-corrected chi connectivity index (χ3v) is 3.92. The van der Waals surface area contributed by atoms with Gasteiger partial charge in [0.2, 0.25) is 0 Å². The van der Waals surface area contributed by atoms with Crippen molar-refractivity contribution in [2.45, 2.75) is 19.8 Å². The summed E-state index contributed by atoms with van der Waals surface area (Å²) in [5, 5.41) is 1.26. The lowest BCUT2D eigenvalue weighted by Gasteiger charge is -2.18. The first-order valence-corrected chi connectivity index (χ1v) is 6.80. The van der Waals surface area contributed by atoms with Gasteiger partial charge in [0.05, 0.1) is 5.52 Å². The monoisotopic (exact) mass is 260 g/mol. The van der Waals surface area contributed by atoms with Crippen LogP contribution in [-0.2, 0) is 13.5 Å². The number of nitrogens with zero attached hydrogens (tertiary/aromatic N) is 1. The molecule has 0 amide bonds. The lowest BCUT2D eigenvalue weighted by molar-refractivity contribution is 0.172. The van der Waals surface area contributed by atoms with Crippen LogP contribution in [0.15, 0.2) is 12.1 Å². The quantitative estimate of drug-likeness (QED) is 0.920. The number of nitrogens with two attached hydrogens (primary N) is 1. The summed E-state index contributed by atoms with van der Waals surface area (Å²) in [6.07, 6.45) is 2.02. The molecule has 0 saturated carbocycles. The molecule has 1 aliphatic heterocycles. The minimum Gasteiger partial charge on any atom is -0.486 e. The number of rotatable bonds is 3. The maximum atomic E-state index is 5.68. The molecule has 1 aliphatic rings. The number of ether oxygens (including phenoxy) is 2. The molecule has 3 rings (SSSR count). The van der Waals surface area contributed by atoms with E-state index in [9.17, 15) is 0 Å². The molecule has 0 aliphatic carbocycles. The van der Waals surface area contributed by atoms with Gasteiger partial charge in [0.1, 0.15) is 13.2 Å². The maximum absolute atomic E-state index is 5.68. The van der Waals surface area contributed by atoms with Gasteiger partial charge in [-0.3, -0.25) is 0 Å². The van der Waals surface area contributed by atoms with E-state index >= 15 is 0 Å². The minimum atomic E-state index is 0.627. The summed E-state index contributed by atoms with van der Waals surface area (Å²) in [5.74, 6) is 1.71. The Balaban J connectivity index is 2.17. The number of benzene rings is 1. The van der Waals surface area contributed by atoms with Crippen molar-refractivity contribution in [1.29, 1.82) is 0 Å². The predicted molar refractivity (Wildman–Crippen MR) is 76.0 cm³/mol. The molecule has 0 radical (unpaired) electrons. The molecule has 2 N–H and O–H groups in total. The topological polar surface area (TPSA) is 49.4 Å². The average Bonchev–Trinajstić information content (AvgIpc) is 2.67. The second-order valence-electron chi connectivity index (χ2n) is 5.03.